The minimum atomic E-state index is -3.77. The smallest absolute Gasteiger partial charge is 0.241 e. The van der Waals surface area contributed by atoms with Gasteiger partial charge in [-0.25, -0.2) is 13.1 Å². The molecule has 0 amide bonds. The summed E-state index contributed by atoms with van der Waals surface area (Å²) in [6.07, 6.45) is 0. The van der Waals surface area contributed by atoms with Crippen molar-refractivity contribution in [3.05, 3.63) is 96.1 Å². The number of ether oxygens (including phenoxy) is 1. The monoisotopic (exact) mass is 382 g/mol. The molecule has 0 aliphatic heterocycles. The fourth-order valence-electron chi connectivity index (χ4n) is 2.87. The predicted molar refractivity (Wildman–Crippen MR) is 106 cm³/mol. The lowest BCUT2D eigenvalue weighted by Crippen LogP contribution is -2.36. The summed E-state index contributed by atoms with van der Waals surface area (Å²) in [6, 6.07) is 23.9. The molecule has 3 aromatic carbocycles. The standard InChI is InChI=1S/C21H22N2O3S/c1-26-18-12-14-19(15-13-18)27(24,25)23-21(17-10-6-3-7-11-17)20(22)16-8-4-2-5-9-16/h2-15,20-21,23H,22H2,1H3/t20?,21-/m1/s1. The van der Waals surface area contributed by atoms with Gasteiger partial charge >= 0.3 is 0 Å². The van der Waals surface area contributed by atoms with Crippen molar-refractivity contribution >= 4 is 10.0 Å². The second kappa shape index (κ2) is 8.35. The van der Waals surface area contributed by atoms with Crippen LogP contribution in [0, 0.1) is 0 Å². The molecule has 0 aliphatic carbocycles. The van der Waals surface area contributed by atoms with Crippen molar-refractivity contribution in [3.63, 3.8) is 0 Å². The summed E-state index contributed by atoms with van der Waals surface area (Å²) in [6.45, 7) is 0. The number of hydrogen-bond acceptors (Lipinski definition) is 4. The first-order valence-corrected chi connectivity index (χ1v) is 10.0. The first kappa shape index (κ1) is 19.1. The van der Waals surface area contributed by atoms with Crippen LogP contribution in [-0.4, -0.2) is 15.5 Å². The van der Waals surface area contributed by atoms with Crippen LogP contribution in [0.3, 0.4) is 0 Å². The number of hydrogen-bond donors (Lipinski definition) is 2. The summed E-state index contributed by atoms with van der Waals surface area (Å²) < 4.78 is 33.7. The van der Waals surface area contributed by atoms with Crippen LogP contribution in [0.15, 0.2) is 89.8 Å². The van der Waals surface area contributed by atoms with E-state index in [4.69, 9.17) is 10.5 Å². The molecule has 0 saturated carbocycles. The van der Waals surface area contributed by atoms with Crippen molar-refractivity contribution in [1.29, 1.82) is 0 Å². The average Bonchev–Trinajstić information content (AvgIpc) is 2.73. The van der Waals surface area contributed by atoms with Crippen molar-refractivity contribution < 1.29 is 13.2 Å². The third kappa shape index (κ3) is 4.54. The molecule has 0 fully saturated rings. The molecule has 0 aliphatic rings. The first-order valence-electron chi connectivity index (χ1n) is 8.53. The van der Waals surface area contributed by atoms with E-state index in [0.29, 0.717) is 5.75 Å². The van der Waals surface area contributed by atoms with Crippen molar-refractivity contribution in [2.24, 2.45) is 5.73 Å². The maximum Gasteiger partial charge on any atom is 0.241 e. The van der Waals surface area contributed by atoms with Crippen LogP contribution < -0.4 is 15.2 Å². The van der Waals surface area contributed by atoms with E-state index in [2.05, 4.69) is 4.72 Å². The lowest BCUT2D eigenvalue weighted by Gasteiger charge is -2.26. The second-order valence-corrected chi connectivity index (χ2v) is 7.84. The normalized spacial score (nSPS) is 13.7. The van der Waals surface area contributed by atoms with Gasteiger partial charge in [0.25, 0.3) is 0 Å². The highest BCUT2D eigenvalue weighted by Gasteiger charge is 2.27. The molecule has 3 N–H and O–H groups in total. The van der Waals surface area contributed by atoms with Crippen LogP contribution in [0.4, 0.5) is 0 Å². The fraction of sp³-hybridized carbons (Fsp3) is 0.143. The van der Waals surface area contributed by atoms with Gasteiger partial charge in [-0.15, -0.1) is 0 Å². The Labute approximate surface area is 159 Å². The summed E-state index contributed by atoms with van der Waals surface area (Å²) in [5.41, 5.74) is 8.10. The lowest BCUT2D eigenvalue weighted by atomic mass is 9.95. The van der Waals surface area contributed by atoms with Gasteiger partial charge in [0.1, 0.15) is 5.75 Å². The molecule has 2 atom stereocenters. The molecule has 3 rings (SSSR count). The molecule has 6 heteroatoms. The largest absolute Gasteiger partial charge is 0.497 e. The first-order chi connectivity index (χ1) is 13.0. The molecule has 1 unspecified atom stereocenters. The predicted octanol–water partition coefficient (Wildman–Crippen LogP) is 3.41. The highest BCUT2D eigenvalue weighted by molar-refractivity contribution is 7.89. The highest BCUT2D eigenvalue weighted by Crippen LogP contribution is 2.29. The van der Waals surface area contributed by atoms with Crippen LogP contribution in [0.25, 0.3) is 0 Å². The third-order valence-electron chi connectivity index (χ3n) is 4.35. The summed E-state index contributed by atoms with van der Waals surface area (Å²) in [5, 5.41) is 0. The minimum Gasteiger partial charge on any atom is -0.497 e. The molecule has 0 radical (unpaired) electrons. The molecule has 27 heavy (non-hydrogen) atoms. The Morgan fingerprint density at radius 2 is 1.33 bits per heavy atom. The summed E-state index contributed by atoms with van der Waals surface area (Å²) in [4.78, 5) is 0.157. The molecule has 0 bridgehead atoms. The third-order valence-corrected chi connectivity index (χ3v) is 5.81. The Morgan fingerprint density at radius 1 is 0.815 bits per heavy atom. The van der Waals surface area contributed by atoms with Crippen LogP contribution in [-0.2, 0) is 10.0 Å². The fourth-order valence-corrected chi connectivity index (χ4v) is 4.11. The maximum atomic E-state index is 12.9. The topological polar surface area (TPSA) is 81.4 Å². The van der Waals surface area contributed by atoms with Crippen LogP contribution in [0.2, 0.25) is 0 Å². The van der Waals surface area contributed by atoms with Gasteiger partial charge in [-0.1, -0.05) is 60.7 Å². The van der Waals surface area contributed by atoms with E-state index in [1.54, 1.807) is 12.1 Å². The Morgan fingerprint density at radius 3 is 1.85 bits per heavy atom. The zero-order valence-electron chi connectivity index (χ0n) is 14.9. The van der Waals surface area contributed by atoms with Gasteiger partial charge in [0.05, 0.1) is 24.1 Å². The quantitative estimate of drug-likeness (QED) is 0.656. The van der Waals surface area contributed by atoms with Gasteiger partial charge in [0, 0.05) is 0 Å². The van der Waals surface area contributed by atoms with Gasteiger partial charge in [0.2, 0.25) is 10.0 Å². The Balaban J connectivity index is 1.95. The van der Waals surface area contributed by atoms with Crippen molar-refractivity contribution in [3.8, 4) is 5.75 Å². The van der Waals surface area contributed by atoms with Crippen LogP contribution in [0.1, 0.15) is 23.2 Å². The molecule has 140 valence electrons. The molecule has 0 heterocycles. The minimum absolute atomic E-state index is 0.157. The Bertz CT molecular complexity index is 959. The Kier molecular flexibility index (Phi) is 5.91. The number of nitrogens with one attached hydrogen (secondary N) is 1. The van der Waals surface area contributed by atoms with Gasteiger partial charge in [-0.3, -0.25) is 0 Å². The molecular formula is C21H22N2O3S. The summed E-state index contributed by atoms with van der Waals surface area (Å²) in [5.74, 6) is 0.592. The zero-order chi connectivity index (χ0) is 19.3. The van der Waals surface area contributed by atoms with E-state index < -0.39 is 22.1 Å². The van der Waals surface area contributed by atoms with E-state index in [1.165, 1.54) is 19.2 Å². The maximum absolute atomic E-state index is 12.9. The van der Waals surface area contributed by atoms with Crippen molar-refractivity contribution in [2.45, 2.75) is 17.0 Å². The molecule has 0 saturated heterocycles. The lowest BCUT2D eigenvalue weighted by molar-refractivity contribution is 0.414. The van der Waals surface area contributed by atoms with Crippen molar-refractivity contribution in [2.75, 3.05) is 7.11 Å². The Hall–Kier alpha value is -2.67. The average molecular weight is 382 g/mol. The molecule has 0 aromatic heterocycles. The van der Waals surface area contributed by atoms with Gasteiger partial charge < -0.3 is 10.5 Å². The number of rotatable bonds is 7. The molecule has 3 aromatic rings. The zero-order valence-corrected chi connectivity index (χ0v) is 15.8. The second-order valence-electron chi connectivity index (χ2n) is 6.12. The molecule has 5 nitrogen and oxygen atoms in total. The van der Waals surface area contributed by atoms with E-state index in [0.717, 1.165) is 11.1 Å². The summed E-state index contributed by atoms with van der Waals surface area (Å²) >= 11 is 0. The van der Waals surface area contributed by atoms with Crippen LogP contribution >= 0.6 is 0 Å². The van der Waals surface area contributed by atoms with E-state index >= 15 is 0 Å². The van der Waals surface area contributed by atoms with Crippen molar-refractivity contribution in [1.82, 2.24) is 4.72 Å². The van der Waals surface area contributed by atoms with E-state index in [-0.39, 0.29) is 4.90 Å². The number of nitrogens with two attached hydrogens (primary N) is 1. The number of benzene rings is 3. The highest BCUT2D eigenvalue weighted by atomic mass is 32.2. The van der Waals surface area contributed by atoms with Crippen LogP contribution in [0.5, 0.6) is 5.75 Å². The SMILES string of the molecule is COc1ccc(S(=O)(=O)N[C@H](c2ccccc2)C(N)c2ccccc2)cc1. The molecular weight excluding hydrogens is 360 g/mol. The van der Waals surface area contributed by atoms with E-state index in [9.17, 15) is 8.42 Å². The van der Waals surface area contributed by atoms with Gasteiger partial charge in [-0.2, -0.15) is 0 Å². The summed E-state index contributed by atoms with van der Waals surface area (Å²) in [7, 11) is -2.24. The molecule has 0 spiro atoms. The number of methoxy groups -OCH3 is 1. The number of sulfonamides is 1. The van der Waals surface area contributed by atoms with E-state index in [1.807, 2.05) is 60.7 Å². The van der Waals surface area contributed by atoms with Gasteiger partial charge in [-0.05, 0) is 35.4 Å². The van der Waals surface area contributed by atoms with Gasteiger partial charge in [0.15, 0.2) is 0 Å².